The molecule has 2 rings (SSSR count). The SMILES string of the molecule is COC(=O)CCCCCCCCCCCCCCCn1c(=O)[nH]c2c(Cl)nc(Cl)nc21. The first-order valence-electron chi connectivity index (χ1n) is 11.4. The molecule has 2 aromatic heterocycles. The van der Waals surface area contributed by atoms with Gasteiger partial charge in [0.2, 0.25) is 5.28 Å². The molecule has 0 spiro atoms. The normalized spacial score (nSPS) is 11.3. The van der Waals surface area contributed by atoms with Crippen molar-refractivity contribution < 1.29 is 9.53 Å². The van der Waals surface area contributed by atoms with Crippen molar-refractivity contribution >= 4 is 40.3 Å². The summed E-state index contributed by atoms with van der Waals surface area (Å²) in [5, 5.41) is 0.216. The summed E-state index contributed by atoms with van der Waals surface area (Å²) in [7, 11) is 1.44. The van der Waals surface area contributed by atoms with Crippen LogP contribution in [0, 0.1) is 0 Å². The molecule has 0 saturated heterocycles. The Hall–Kier alpha value is -1.60. The number of H-pyrrole nitrogens is 1. The van der Waals surface area contributed by atoms with E-state index in [0.717, 1.165) is 25.7 Å². The van der Waals surface area contributed by atoms with Crippen LogP contribution >= 0.6 is 23.2 Å². The Morgan fingerprint density at radius 1 is 0.871 bits per heavy atom. The molecule has 31 heavy (non-hydrogen) atoms. The first-order chi connectivity index (χ1) is 15.0. The number of aryl methyl sites for hydroxylation is 1. The lowest BCUT2D eigenvalue weighted by Gasteiger charge is -2.05. The molecule has 0 atom stereocenters. The van der Waals surface area contributed by atoms with Crippen LogP contribution in [0.15, 0.2) is 4.79 Å². The zero-order valence-electron chi connectivity index (χ0n) is 18.4. The fourth-order valence-electron chi connectivity index (χ4n) is 3.76. The van der Waals surface area contributed by atoms with Gasteiger partial charge in [-0.2, -0.15) is 4.98 Å². The second kappa shape index (κ2) is 14.5. The Bertz CT molecular complexity index is 866. The van der Waals surface area contributed by atoms with Crippen molar-refractivity contribution in [2.45, 2.75) is 96.4 Å². The Balaban J connectivity index is 1.45. The number of hydrogen-bond acceptors (Lipinski definition) is 5. The van der Waals surface area contributed by atoms with Gasteiger partial charge in [-0.15, -0.1) is 0 Å². The van der Waals surface area contributed by atoms with Gasteiger partial charge in [-0.25, -0.2) is 9.78 Å². The van der Waals surface area contributed by atoms with E-state index in [2.05, 4.69) is 19.7 Å². The van der Waals surface area contributed by atoms with Gasteiger partial charge in [0.1, 0.15) is 5.52 Å². The second-order valence-corrected chi connectivity index (χ2v) is 8.68. The molecule has 2 aromatic rings. The number of fused-ring (bicyclic) bond motifs is 1. The number of carbonyl (C=O) groups excluding carboxylic acids is 1. The molecule has 0 saturated carbocycles. The minimum Gasteiger partial charge on any atom is -0.469 e. The highest BCUT2D eigenvalue weighted by Gasteiger charge is 2.13. The number of carbonyl (C=O) groups is 1. The predicted molar refractivity (Wildman–Crippen MR) is 125 cm³/mol. The van der Waals surface area contributed by atoms with E-state index in [1.54, 1.807) is 4.57 Å². The summed E-state index contributed by atoms with van der Waals surface area (Å²) >= 11 is 11.9. The highest BCUT2D eigenvalue weighted by molar-refractivity contribution is 6.35. The molecular formula is C22H34Cl2N4O3. The van der Waals surface area contributed by atoms with E-state index in [1.165, 1.54) is 64.9 Å². The molecule has 0 aliphatic heterocycles. The summed E-state index contributed by atoms with van der Waals surface area (Å²) in [4.78, 5) is 33.8. The van der Waals surface area contributed by atoms with Crippen LogP contribution in [0.4, 0.5) is 0 Å². The lowest BCUT2D eigenvalue weighted by Crippen LogP contribution is -2.17. The van der Waals surface area contributed by atoms with E-state index in [4.69, 9.17) is 23.2 Å². The van der Waals surface area contributed by atoms with Gasteiger partial charge in [0, 0.05) is 13.0 Å². The Labute approximate surface area is 193 Å². The minimum absolute atomic E-state index is 0.0452. The third-order valence-electron chi connectivity index (χ3n) is 5.54. The average molecular weight is 473 g/mol. The molecule has 0 aromatic carbocycles. The Morgan fingerprint density at radius 3 is 1.94 bits per heavy atom. The topological polar surface area (TPSA) is 89.9 Å². The molecule has 0 aliphatic rings. The van der Waals surface area contributed by atoms with Crippen molar-refractivity contribution in [3.63, 3.8) is 0 Å². The smallest absolute Gasteiger partial charge is 0.327 e. The van der Waals surface area contributed by atoms with Crippen LogP contribution in [0.3, 0.4) is 0 Å². The quantitative estimate of drug-likeness (QED) is 0.139. The number of rotatable bonds is 16. The molecule has 0 radical (unpaired) electrons. The van der Waals surface area contributed by atoms with E-state index in [-0.39, 0.29) is 22.1 Å². The standard InChI is InChI=1S/C22H34Cl2N4O3/c1-31-17(29)15-13-11-9-7-5-3-2-4-6-8-10-12-14-16-28-20-18(25-22(28)30)19(23)26-21(24)27-20/h2-16H2,1H3,(H,25,30). The molecular weight excluding hydrogens is 439 g/mol. The van der Waals surface area contributed by atoms with Crippen LogP contribution in [0.1, 0.15) is 89.9 Å². The zero-order valence-corrected chi connectivity index (χ0v) is 19.9. The third kappa shape index (κ3) is 9.19. The van der Waals surface area contributed by atoms with Gasteiger partial charge in [-0.05, 0) is 24.4 Å². The number of halogens is 2. The van der Waals surface area contributed by atoms with Crippen molar-refractivity contribution in [2.75, 3.05) is 7.11 Å². The monoisotopic (exact) mass is 472 g/mol. The van der Waals surface area contributed by atoms with Crippen LogP contribution in [0.25, 0.3) is 11.2 Å². The van der Waals surface area contributed by atoms with Crippen LogP contribution < -0.4 is 5.69 Å². The number of hydrogen-bond donors (Lipinski definition) is 1. The molecule has 1 N–H and O–H groups in total. The minimum atomic E-state index is -0.225. The number of esters is 1. The summed E-state index contributed by atoms with van der Waals surface area (Å²) in [5.41, 5.74) is 0.688. The number of methoxy groups -OCH3 is 1. The summed E-state index contributed by atoms with van der Waals surface area (Å²) in [5.74, 6) is -0.101. The molecule has 0 unspecified atom stereocenters. The summed E-state index contributed by atoms with van der Waals surface area (Å²) in [6.07, 6.45) is 15.9. The number of unbranched alkanes of at least 4 members (excludes halogenated alkanes) is 12. The Morgan fingerprint density at radius 2 is 1.39 bits per heavy atom. The largest absolute Gasteiger partial charge is 0.469 e. The lowest BCUT2D eigenvalue weighted by atomic mass is 10.0. The number of nitrogens with one attached hydrogen (secondary N) is 1. The molecule has 174 valence electrons. The molecule has 0 aliphatic carbocycles. The van der Waals surface area contributed by atoms with E-state index < -0.39 is 0 Å². The number of ether oxygens (including phenoxy) is 1. The zero-order chi connectivity index (χ0) is 22.5. The summed E-state index contributed by atoms with van der Waals surface area (Å²) in [6, 6.07) is 0. The van der Waals surface area contributed by atoms with E-state index in [0.29, 0.717) is 24.1 Å². The summed E-state index contributed by atoms with van der Waals surface area (Å²) in [6.45, 7) is 0.599. The fraction of sp³-hybridized carbons (Fsp3) is 0.727. The van der Waals surface area contributed by atoms with Gasteiger partial charge in [0.05, 0.1) is 7.11 Å². The Kier molecular flexibility index (Phi) is 12.0. The molecule has 0 fully saturated rings. The average Bonchev–Trinajstić information content (AvgIpc) is 3.06. The van der Waals surface area contributed by atoms with Gasteiger partial charge >= 0.3 is 11.7 Å². The van der Waals surface area contributed by atoms with Crippen LogP contribution in [-0.4, -0.2) is 32.6 Å². The van der Waals surface area contributed by atoms with Crippen LogP contribution in [-0.2, 0) is 16.1 Å². The maximum absolute atomic E-state index is 12.1. The van der Waals surface area contributed by atoms with Gasteiger partial charge in [0.15, 0.2) is 10.8 Å². The molecule has 2 heterocycles. The molecule has 9 heteroatoms. The van der Waals surface area contributed by atoms with E-state index in [1.807, 2.05) is 0 Å². The molecule has 0 bridgehead atoms. The maximum Gasteiger partial charge on any atom is 0.327 e. The first kappa shape index (κ1) is 25.7. The number of nitrogens with zero attached hydrogens (tertiary/aromatic N) is 3. The van der Waals surface area contributed by atoms with Gasteiger partial charge in [0.25, 0.3) is 0 Å². The fourth-order valence-corrected chi connectivity index (χ4v) is 4.18. The van der Waals surface area contributed by atoms with Crippen molar-refractivity contribution in [3.8, 4) is 0 Å². The summed E-state index contributed by atoms with van der Waals surface area (Å²) < 4.78 is 6.23. The van der Waals surface area contributed by atoms with Crippen LogP contribution in [0.2, 0.25) is 10.4 Å². The molecule has 7 nitrogen and oxygen atoms in total. The van der Waals surface area contributed by atoms with E-state index in [9.17, 15) is 9.59 Å². The maximum atomic E-state index is 12.1. The van der Waals surface area contributed by atoms with Crippen molar-refractivity contribution in [3.05, 3.63) is 20.9 Å². The lowest BCUT2D eigenvalue weighted by molar-refractivity contribution is -0.140. The predicted octanol–water partition coefficient (Wildman–Crippen LogP) is 6.06. The first-order valence-corrected chi connectivity index (χ1v) is 12.2. The van der Waals surface area contributed by atoms with Crippen molar-refractivity contribution in [1.29, 1.82) is 0 Å². The van der Waals surface area contributed by atoms with Crippen molar-refractivity contribution in [1.82, 2.24) is 19.5 Å². The van der Waals surface area contributed by atoms with Crippen molar-refractivity contribution in [2.24, 2.45) is 0 Å². The number of aromatic nitrogens is 4. The van der Waals surface area contributed by atoms with Crippen LogP contribution in [0.5, 0.6) is 0 Å². The number of imidazole rings is 1. The second-order valence-electron chi connectivity index (χ2n) is 7.99. The van der Waals surface area contributed by atoms with Gasteiger partial charge in [-0.1, -0.05) is 82.2 Å². The highest BCUT2D eigenvalue weighted by atomic mass is 35.5. The van der Waals surface area contributed by atoms with Gasteiger partial charge < -0.3 is 9.72 Å². The van der Waals surface area contributed by atoms with Gasteiger partial charge in [-0.3, -0.25) is 9.36 Å². The molecule has 0 amide bonds. The van der Waals surface area contributed by atoms with E-state index >= 15 is 0 Å². The highest BCUT2D eigenvalue weighted by Crippen LogP contribution is 2.19. The third-order valence-corrected chi connectivity index (χ3v) is 5.98. The number of aromatic amines is 1.